The highest BCUT2D eigenvalue weighted by Crippen LogP contribution is 2.64. The zero-order chi connectivity index (χ0) is 13.0. The number of fused-ring (bicyclic) bond motifs is 1. The van der Waals surface area contributed by atoms with Gasteiger partial charge in [-0.3, -0.25) is 0 Å². The fourth-order valence-electron chi connectivity index (χ4n) is 3.78. The predicted octanol–water partition coefficient (Wildman–Crippen LogP) is 3.75. The van der Waals surface area contributed by atoms with Gasteiger partial charge in [-0.05, 0) is 37.2 Å². The number of nitrogen functional groups attached to an aromatic ring is 1. The summed E-state index contributed by atoms with van der Waals surface area (Å²) >= 11 is 0. The van der Waals surface area contributed by atoms with Crippen LogP contribution < -0.4 is 5.73 Å². The van der Waals surface area contributed by atoms with E-state index >= 15 is 0 Å². The number of benzene rings is 1. The molecule has 2 saturated carbocycles. The van der Waals surface area contributed by atoms with Gasteiger partial charge in [-0.15, -0.1) is 0 Å². The third-order valence-corrected chi connectivity index (χ3v) is 4.81. The Hall–Kier alpha value is -1.77. The molecule has 19 heavy (non-hydrogen) atoms. The quantitative estimate of drug-likeness (QED) is 0.888. The molecule has 0 saturated heterocycles. The van der Waals surface area contributed by atoms with E-state index in [2.05, 4.69) is 36.3 Å². The lowest BCUT2D eigenvalue weighted by atomic mass is 9.99. The van der Waals surface area contributed by atoms with Crippen molar-refractivity contribution in [3.63, 3.8) is 0 Å². The summed E-state index contributed by atoms with van der Waals surface area (Å²) in [4.78, 5) is 0. The fourth-order valence-corrected chi connectivity index (χ4v) is 3.78. The molecule has 1 aromatic heterocycles. The van der Waals surface area contributed by atoms with Crippen LogP contribution >= 0.6 is 0 Å². The molecule has 98 valence electrons. The van der Waals surface area contributed by atoms with Gasteiger partial charge >= 0.3 is 0 Å². The molecule has 1 aromatic carbocycles. The van der Waals surface area contributed by atoms with Crippen molar-refractivity contribution in [2.75, 3.05) is 5.73 Å². The molecular weight excluding hydrogens is 236 g/mol. The fraction of sp³-hybridized carbons (Fsp3) is 0.438. The minimum absolute atomic E-state index is 0.462. The molecule has 2 N–H and O–H groups in total. The molecule has 2 unspecified atom stereocenters. The first-order chi connectivity index (χ1) is 9.25. The topological polar surface area (TPSA) is 52.0 Å². The largest absolute Gasteiger partial charge is 0.367 e. The summed E-state index contributed by atoms with van der Waals surface area (Å²) in [5.74, 6) is 2.71. The first kappa shape index (κ1) is 11.1. The van der Waals surface area contributed by atoms with Gasteiger partial charge in [0.1, 0.15) is 0 Å². The summed E-state index contributed by atoms with van der Waals surface area (Å²) in [7, 11) is 0. The average molecular weight is 254 g/mol. The summed E-state index contributed by atoms with van der Waals surface area (Å²) in [6, 6.07) is 8.44. The first-order valence-corrected chi connectivity index (χ1v) is 7.08. The monoisotopic (exact) mass is 254 g/mol. The average Bonchev–Trinajstić information content (AvgIpc) is 2.78. The highest BCUT2D eigenvalue weighted by molar-refractivity contribution is 5.76. The lowest BCUT2D eigenvalue weighted by molar-refractivity contribution is 0.424. The molecule has 0 bridgehead atoms. The highest BCUT2D eigenvalue weighted by Gasteiger charge is 2.55. The molecule has 2 aromatic rings. The maximum Gasteiger partial charge on any atom is 0.230 e. The van der Waals surface area contributed by atoms with Crippen molar-refractivity contribution >= 4 is 5.88 Å². The molecule has 4 rings (SSSR count). The van der Waals surface area contributed by atoms with Crippen LogP contribution in [-0.2, 0) is 0 Å². The third-order valence-electron chi connectivity index (χ3n) is 4.81. The number of nitrogens with zero attached hydrogens (tertiary/aromatic N) is 1. The van der Waals surface area contributed by atoms with Gasteiger partial charge in [0, 0.05) is 5.92 Å². The van der Waals surface area contributed by atoms with E-state index in [0.29, 0.717) is 11.8 Å². The Morgan fingerprint density at radius 3 is 2.53 bits per heavy atom. The summed E-state index contributed by atoms with van der Waals surface area (Å²) in [6.07, 6.45) is 4.06. The van der Waals surface area contributed by atoms with E-state index in [1.54, 1.807) is 0 Å². The second kappa shape index (κ2) is 3.86. The van der Waals surface area contributed by atoms with E-state index in [0.717, 1.165) is 28.7 Å². The van der Waals surface area contributed by atoms with Crippen LogP contribution in [0.15, 0.2) is 28.8 Å². The number of rotatable bonds is 2. The molecule has 2 fully saturated rings. The predicted molar refractivity (Wildman–Crippen MR) is 74.7 cm³/mol. The maximum absolute atomic E-state index is 6.00. The van der Waals surface area contributed by atoms with Gasteiger partial charge < -0.3 is 10.3 Å². The summed E-state index contributed by atoms with van der Waals surface area (Å²) in [5.41, 5.74) is 10.5. The van der Waals surface area contributed by atoms with E-state index in [1.807, 2.05) is 0 Å². The number of anilines is 1. The van der Waals surface area contributed by atoms with Gasteiger partial charge in [0.2, 0.25) is 5.88 Å². The van der Waals surface area contributed by atoms with Crippen molar-refractivity contribution in [3.05, 3.63) is 35.5 Å². The SMILES string of the molecule is Cc1ccc(-c2c(C3C4CCCC43)noc2N)cc1. The molecule has 3 heteroatoms. The van der Waals surface area contributed by atoms with Gasteiger partial charge in [0.25, 0.3) is 0 Å². The lowest BCUT2D eigenvalue weighted by Gasteiger charge is -2.04. The van der Waals surface area contributed by atoms with Gasteiger partial charge in [-0.1, -0.05) is 41.4 Å². The maximum atomic E-state index is 6.00. The van der Waals surface area contributed by atoms with Crippen molar-refractivity contribution in [2.24, 2.45) is 11.8 Å². The van der Waals surface area contributed by atoms with Crippen LogP contribution in [0.4, 0.5) is 5.88 Å². The lowest BCUT2D eigenvalue weighted by Crippen LogP contribution is -1.93. The standard InChI is InChI=1S/C16H18N2O/c1-9-5-7-10(8-6-9)13-15(18-19-16(13)17)14-11-3-2-4-12(11)14/h5-8,11-12,14H,2-4,17H2,1H3. The van der Waals surface area contributed by atoms with Crippen molar-refractivity contribution < 1.29 is 4.52 Å². The molecule has 2 aliphatic carbocycles. The van der Waals surface area contributed by atoms with Gasteiger partial charge in [0.05, 0.1) is 11.3 Å². The van der Waals surface area contributed by atoms with E-state index in [9.17, 15) is 0 Å². The smallest absolute Gasteiger partial charge is 0.230 e. The zero-order valence-electron chi connectivity index (χ0n) is 11.1. The Morgan fingerprint density at radius 2 is 1.84 bits per heavy atom. The van der Waals surface area contributed by atoms with Crippen molar-refractivity contribution in [2.45, 2.75) is 32.1 Å². The third kappa shape index (κ3) is 1.61. The number of aromatic nitrogens is 1. The molecule has 2 aliphatic rings. The highest BCUT2D eigenvalue weighted by atomic mass is 16.5. The molecule has 1 heterocycles. The normalized spacial score (nSPS) is 28.4. The molecular formula is C16H18N2O. The molecule has 0 aliphatic heterocycles. The molecule has 3 nitrogen and oxygen atoms in total. The number of hydrogen-bond donors (Lipinski definition) is 1. The van der Waals surface area contributed by atoms with Crippen molar-refractivity contribution in [1.29, 1.82) is 0 Å². The van der Waals surface area contributed by atoms with Gasteiger partial charge in [-0.2, -0.15) is 0 Å². The Balaban J connectivity index is 1.75. The molecule has 0 spiro atoms. The first-order valence-electron chi connectivity index (χ1n) is 7.08. The Kier molecular flexibility index (Phi) is 2.25. The van der Waals surface area contributed by atoms with Crippen LogP contribution in [0, 0.1) is 18.8 Å². The van der Waals surface area contributed by atoms with Crippen molar-refractivity contribution in [3.8, 4) is 11.1 Å². The van der Waals surface area contributed by atoms with Crippen LogP contribution in [0.5, 0.6) is 0 Å². The van der Waals surface area contributed by atoms with E-state index in [4.69, 9.17) is 10.3 Å². The molecule has 0 amide bonds. The van der Waals surface area contributed by atoms with E-state index in [1.165, 1.54) is 24.8 Å². The zero-order valence-corrected chi connectivity index (χ0v) is 11.1. The van der Waals surface area contributed by atoms with Gasteiger partial charge in [-0.25, -0.2) is 0 Å². The molecule has 2 atom stereocenters. The van der Waals surface area contributed by atoms with Crippen LogP contribution in [0.2, 0.25) is 0 Å². The minimum Gasteiger partial charge on any atom is -0.367 e. The van der Waals surface area contributed by atoms with Crippen LogP contribution in [0.25, 0.3) is 11.1 Å². The van der Waals surface area contributed by atoms with Crippen LogP contribution in [0.3, 0.4) is 0 Å². The minimum atomic E-state index is 0.462. The van der Waals surface area contributed by atoms with Crippen LogP contribution in [-0.4, -0.2) is 5.16 Å². The number of aryl methyl sites for hydroxylation is 1. The number of nitrogens with two attached hydrogens (primary N) is 1. The Bertz CT molecular complexity index is 604. The molecule has 0 radical (unpaired) electrons. The summed E-state index contributed by atoms with van der Waals surface area (Å²) in [6.45, 7) is 2.09. The van der Waals surface area contributed by atoms with E-state index < -0.39 is 0 Å². The second-order valence-corrected chi connectivity index (χ2v) is 5.96. The Labute approximate surface area is 112 Å². The second-order valence-electron chi connectivity index (χ2n) is 5.96. The Morgan fingerprint density at radius 1 is 1.16 bits per heavy atom. The van der Waals surface area contributed by atoms with Crippen molar-refractivity contribution in [1.82, 2.24) is 5.16 Å². The van der Waals surface area contributed by atoms with E-state index in [-0.39, 0.29) is 0 Å². The summed E-state index contributed by atoms with van der Waals surface area (Å²) < 4.78 is 5.27. The summed E-state index contributed by atoms with van der Waals surface area (Å²) in [5, 5.41) is 4.26. The number of hydrogen-bond acceptors (Lipinski definition) is 3. The van der Waals surface area contributed by atoms with Gasteiger partial charge in [0.15, 0.2) is 0 Å². The van der Waals surface area contributed by atoms with Crippen LogP contribution in [0.1, 0.15) is 36.4 Å².